The summed E-state index contributed by atoms with van der Waals surface area (Å²) in [4.78, 5) is 0. The second-order valence-electron chi connectivity index (χ2n) is 4.47. The Hall–Kier alpha value is -1.12. The van der Waals surface area contributed by atoms with E-state index in [2.05, 4.69) is 6.58 Å². The molecule has 0 unspecified atom stereocenters. The predicted octanol–water partition coefficient (Wildman–Crippen LogP) is 3.01. The summed E-state index contributed by atoms with van der Waals surface area (Å²) in [5, 5.41) is 8.88. The summed E-state index contributed by atoms with van der Waals surface area (Å²) in [5.41, 5.74) is 1.97. The monoisotopic (exact) mass is 220 g/mol. The highest BCUT2D eigenvalue weighted by atomic mass is 16.5. The molecule has 0 bridgehead atoms. The molecule has 0 amide bonds. The quantitative estimate of drug-likeness (QED) is 0.798. The summed E-state index contributed by atoms with van der Waals surface area (Å²) >= 11 is 0. The van der Waals surface area contributed by atoms with Crippen LogP contribution >= 0.6 is 0 Å². The molecule has 2 heteroatoms. The highest BCUT2D eigenvalue weighted by Gasteiger charge is 2.17. The van der Waals surface area contributed by atoms with E-state index in [0.717, 1.165) is 11.1 Å². The van der Waals surface area contributed by atoms with E-state index < -0.39 is 0 Å². The van der Waals surface area contributed by atoms with E-state index in [4.69, 9.17) is 9.84 Å². The first-order chi connectivity index (χ1) is 7.57. The van der Waals surface area contributed by atoms with Gasteiger partial charge in [-0.3, -0.25) is 0 Å². The van der Waals surface area contributed by atoms with Gasteiger partial charge in [0, 0.05) is 6.61 Å². The summed E-state index contributed by atoms with van der Waals surface area (Å²) < 4.78 is 5.74. The van der Waals surface area contributed by atoms with Crippen molar-refractivity contribution in [2.75, 3.05) is 6.61 Å². The molecule has 0 aromatic heterocycles. The second kappa shape index (κ2) is 5.83. The Morgan fingerprint density at radius 3 is 2.44 bits per heavy atom. The van der Waals surface area contributed by atoms with Gasteiger partial charge in [0.2, 0.25) is 0 Å². The minimum atomic E-state index is -0.272. The molecule has 1 rings (SSSR count). The summed E-state index contributed by atoms with van der Waals surface area (Å²) in [7, 11) is 0. The van der Waals surface area contributed by atoms with Crippen molar-refractivity contribution >= 4 is 6.08 Å². The van der Waals surface area contributed by atoms with Crippen LogP contribution in [0.1, 0.15) is 31.4 Å². The molecular formula is C14H20O2. The molecule has 0 aliphatic rings. The molecule has 2 nitrogen and oxygen atoms in total. The summed E-state index contributed by atoms with van der Waals surface area (Å²) in [6.45, 7) is 8.42. The first-order valence-electron chi connectivity index (χ1n) is 5.53. The van der Waals surface area contributed by atoms with Crippen LogP contribution in [0.4, 0.5) is 0 Å². The Morgan fingerprint density at radius 1 is 1.31 bits per heavy atom. The molecule has 1 N–H and O–H groups in total. The van der Waals surface area contributed by atoms with Gasteiger partial charge in [0.25, 0.3) is 0 Å². The first kappa shape index (κ1) is 12.9. The molecule has 0 spiro atoms. The number of rotatable bonds is 6. The van der Waals surface area contributed by atoms with Gasteiger partial charge in [-0.05, 0) is 31.4 Å². The summed E-state index contributed by atoms with van der Waals surface area (Å²) in [5.74, 6) is 0. The molecule has 0 saturated heterocycles. The lowest BCUT2D eigenvalue weighted by Gasteiger charge is -2.24. The first-order valence-corrected chi connectivity index (χ1v) is 5.53. The Balaban J connectivity index is 2.51. The van der Waals surface area contributed by atoms with Crippen molar-refractivity contribution in [3.63, 3.8) is 0 Å². The van der Waals surface area contributed by atoms with Crippen LogP contribution in [0.3, 0.4) is 0 Å². The summed E-state index contributed by atoms with van der Waals surface area (Å²) in [6.07, 6.45) is 2.47. The van der Waals surface area contributed by atoms with Crippen molar-refractivity contribution in [1.82, 2.24) is 0 Å². The third-order valence-corrected chi connectivity index (χ3v) is 2.56. The minimum Gasteiger partial charge on any atom is -0.396 e. The van der Waals surface area contributed by atoms with Gasteiger partial charge in [0.15, 0.2) is 0 Å². The maximum Gasteiger partial charge on any atom is 0.0724 e. The van der Waals surface area contributed by atoms with Gasteiger partial charge in [-0.2, -0.15) is 0 Å². The normalized spacial score (nSPS) is 11.4. The molecule has 16 heavy (non-hydrogen) atoms. The number of hydrogen-bond acceptors (Lipinski definition) is 2. The predicted molar refractivity (Wildman–Crippen MR) is 67.1 cm³/mol. The number of ether oxygens (including phenoxy) is 1. The molecule has 0 saturated carbocycles. The van der Waals surface area contributed by atoms with E-state index in [-0.39, 0.29) is 12.2 Å². The second-order valence-corrected chi connectivity index (χ2v) is 4.47. The highest BCUT2D eigenvalue weighted by Crippen LogP contribution is 2.17. The van der Waals surface area contributed by atoms with Crippen LogP contribution in [0.2, 0.25) is 0 Å². The maximum atomic E-state index is 8.88. The third-order valence-electron chi connectivity index (χ3n) is 2.56. The minimum absolute atomic E-state index is 0.155. The Bertz CT molecular complexity index is 325. The van der Waals surface area contributed by atoms with E-state index in [1.54, 1.807) is 0 Å². The van der Waals surface area contributed by atoms with Gasteiger partial charge >= 0.3 is 0 Å². The summed E-state index contributed by atoms with van der Waals surface area (Å²) in [6, 6.07) is 8.10. The van der Waals surface area contributed by atoms with Crippen LogP contribution in [0, 0.1) is 0 Å². The zero-order chi connectivity index (χ0) is 12.0. The smallest absolute Gasteiger partial charge is 0.0724 e. The van der Waals surface area contributed by atoms with Crippen molar-refractivity contribution in [2.45, 2.75) is 32.5 Å². The molecule has 0 atom stereocenters. The largest absolute Gasteiger partial charge is 0.396 e. The van der Waals surface area contributed by atoms with Gasteiger partial charge in [0.1, 0.15) is 0 Å². The van der Waals surface area contributed by atoms with Crippen molar-refractivity contribution in [1.29, 1.82) is 0 Å². The lowest BCUT2D eigenvalue weighted by atomic mass is 10.1. The van der Waals surface area contributed by atoms with Crippen molar-refractivity contribution < 1.29 is 9.84 Å². The molecule has 0 aliphatic carbocycles. The Labute approximate surface area is 97.6 Å². The van der Waals surface area contributed by atoms with E-state index in [1.165, 1.54) is 0 Å². The third kappa shape index (κ3) is 4.17. The van der Waals surface area contributed by atoms with Gasteiger partial charge in [0.05, 0.1) is 12.2 Å². The van der Waals surface area contributed by atoms with E-state index >= 15 is 0 Å². The van der Waals surface area contributed by atoms with Crippen molar-refractivity contribution in [3.05, 3.63) is 42.0 Å². The molecule has 1 aromatic rings. The van der Waals surface area contributed by atoms with Crippen LogP contribution < -0.4 is 0 Å². The molecule has 0 radical (unpaired) electrons. The molecule has 0 aliphatic heterocycles. The van der Waals surface area contributed by atoms with Gasteiger partial charge < -0.3 is 9.84 Å². The SMILES string of the molecule is C=Cc1ccc(COC(C)(C)CCO)cc1. The van der Waals surface area contributed by atoms with Crippen LogP contribution in [-0.2, 0) is 11.3 Å². The van der Waals surface area contributed by atoms with Gasteiger partial charge in [-0.1, -0.05) is 36.9 Å². The number of aliphatic hydroxyl groups is 1. The standard InChI is InChI=1S/C14H20O2/c1-4-12-5-7-13(8-6-12)11-16-14(2,3)9-10-15/h4-8,15H,1,9-11H2,2-3H3. The maximum absolute atomic E-state index is 8.88. The fourth-order valence-corrected chi connectivity index (χ4v) is 1.37. The Kier molecular flexibility index (Phi) is 4.71. The van der Waals surface area contributed by atoms with E-state index in [9.17, 15) is 0 Å². The lowest BCUT2D eigenvalue weighted by Crippen LogP contribution is -2.25. The average Bonchev–Trinajstić information content (AvgIpc) is 2.27. The van der Waals surface area contributed by atoms with Gasteiger partial charge in [-0.25, -0.2) is 0 Å². The van der Waals surface area contributed by atoms with Crippen molar-refractivity contribution in [2.24, 2.45) is 0 Å². The number of benzene rings is 1. The molecule has 88 valence electrons. The fraction of sp³-hybridized carbons (Fsp3) is 0.429. The van der Waals surface area contributed by atoms with Gasteiger partial charge in [-0.15, -0.1) is 0 Å². The molecule has 0 heterocycles. The van der Waals surface area contributed by atoms with Crippen LogP contribution in [-0.4, -0.2) is 17.3 Å². The highest BCUT2D eigenvalue weighted by molar-refractivity contribution is 5.47. The van der Waals surface area contributed by atoms with Crippen LogP contribution in [0.5, 0.6) is 0 Å². The van der Waals surface area contributed by atoms with Crippen LogP contribution in [0.25, 0.3) is 6.08 Å². The topological polar surface area (TPSA) is 29.5 Å². The average molecular weight is 220 g/mol. The van der Waals surface area contributed by atoms with E-state index in [1.807, 2.05) is 44.2 Å². The van der Waals surface area contributed by atoms with Crippen LogP contribution in [0.15, 0.2) is 30.8 Å². The molecule has 1 aromatic carbocycles. The Morgan fingerprint density at radius 2 is 1.94 bits per heavy atom. The zero-order valence-corrected chi connectivity index (χ0v) is 10.1. The molecular weight excluding hydrogens is 200 g/mol. The van der Waals surface area contributed by atoms with E-state index in [0.29, 0.717) is 13.0 Å². The lowest BCUT2D eigenvalue weighted by molar-refractivity contribution is -0.0434. The number of aliphatic hydroxyl groups excluding tert-OH is 1. The van der Waals surface area contributed by atoms with Crippen molar-refractivity contribution in [3.8, 4) is 0 Å². The zero-order valence-electron chi connectivity index (χ0n) is 10.1. The molecule has 0 fully saturated rings. The number of hydrogen-bond donors (Lipinski definition) is 1. The fourth-order valence-electron chi connectivity index (χ4n) is 1.37.